The lowest BCUT2D eigenvalue weighted by molar-refractivity contribution is -0.127. The maximum Gasteiger partial charge on any atom is 0.328 e. The molecule has 1 amide bonds. The summed E-state index contributed by atoms with van der Waals surface area (Å²) >= 11 is 0. The van der Waals surface area contributed by atoms with E-state index in [2.05, 4.69) is 5.32 Å². The summed E-state index contributed by atoms with van der Waals surface area (Å²) in [6.07, 6.45) is 7.99. The average Bonchev–Trinajstić information content (AvgIpc) is 2.83. The molecule has 0 aliphatic heterocycles. The third-order valence-electron chi connectivity index (χ3n) is 7.06. The second kappa shape index (κ2) is 5.73. The molecule has 1 aromatic heterocycles. The molecule has 138 valence electrons. The Labute approximate surface area is 153 Å². The van der Waals surface area contributed by atoms with E-state index in [1.165, 1.54) is 38.5 Å². The van der Waals surface area contributed by atoms with Gasteiger partial charge >= 0.3 is 5.69 Å². The molecule has 2 aromatic rings. The monoisotopic (exact) mass is 353 g/mol. The van der Waals surface area contributed by atoms with Gasteiger partial charge in [-0.2, -0.15) is 0 Å². The molecule has 0 radical (unpaired) electrons. The number of hydrogen-bond donors (Lipinski definition) is 1. The van der Waals surface area contributed by atoms with E-state index in [0.29, 0.717) is 13.0 Å². The van der Waals surface area contributed by atoms with Crippen molar-refractivity contribution in [1.29, 1.82) is 0 Å². The summed E-state index contributed by atoms with van der Waals surface area (Å²) in [6.45, 7) is 0.443. The van der Waals surface area contributed by atoms with Crippen LogP contribution in [0.4, 0.5) is 0 Å². The van der Waals surface area contributed by atoms with Gasteiger partial charge in [0.05, 0.1) is 11.0 Å². The first-order valence-corrected chi connectivity index (χ1v) is 9.98. The molecular formula is C21H27N3O2. The Kier molecular flexibility index (Phi) is 3.56. The van der Waals surface area contributed by atoms with Gasteiger partial charge in [0, 0.05) is 25.6 Å². The van der Waals surface area contributed by atoms with E-state index in [-0.39, 0.29) is 17.1 Å². The number of fused-ring (bicyclic) bond motifs is 1. The SMILES string of the molecule is Cn1c(=O)n(CCC(=O)NC23CC4CC(CC(C4)C2)C3)c2ccccc21. The van der Waals surface area contributed by atoms with Crippen LogP contribution in [0.5, 0.6) is 0 Å². The van der Waals surface area contributed by atoms with Crippen LogP contribution in [0.15, 0.2) is 29.1 Å². The van der Waals surface area contributed by atoms with Crippen LogP contribution in [0.1, 0.15) is 44.9 Å². The van der Waals surface area contributed by atoms with Crippen LogP contribution in [0, 0.1) is 17.8 Å². The van der Waals surface area contributed by atoms with E-state index in [9.17, 15) is 9.59 Å². The lowest BCUT2D eigenvalue weighted by atomic mass is 9.53. The third-order valence-corrected chi connectivity index (χ3v) is 7.06. The number of benzene rings is 1. The predicted molar refractivity (Wildman–Crippen MR) is 101 cm³/mol. The van der Waals surface area contributed by atoms with Gasteiger partial charge in [-0.05, 0) is 68.4 Å². The summed E-state index contributed by atoms with van der Waals surface area (Å²) in [6, 6.07) is 7.77. The van der Waals surface area contributed by atoms with Crippen LogP contribution in [0.25, 0.3) is 11.0 Å². The first-order valence-electron chi connectivity index (χ1n) is 9.98. The van der Waals surface area contributed by atoms with Crippen molar-refractivity contribution >= 4 is 16.9 Å². The number of imidazole rings is 1. The van der Waals surface area contributed by atoms with Crippen molar-refractivity contribution in [1.82, 2.24) is 14.5 Å². The minimum atomic E-state index is -0.0474. The molecule has 5 heteroatoms. The van der Waals surface area contributed by atoms with Gasteiger partial charge in [0.15, 0.2) is 0 Å². The Hall–Kier alpha value is -2.04. The van der Waals surface area contributed by atoms with Crippen LogP contribution >= 0.6 is 0 Å². The molecule has 26 heavy (non-hydrogen) atoms. The number of carbonyl (C=O) groups is 1. The number of nitrogens with one attached hydrogen (secondary N) is 1. The minimum Gasteiger partial charge on any atom is -0.351 e. The average molecular weight is 353 g/mol. The molecule has 0 spiro atoms. The normalized spacial score (nSPS) is 32.3. The molecular weight excluding hydrogens is 326 g/mol. The molecule has 4 aliphatic carbocycles. The Bertz CT molecular complexity index is 888. The van der Waals surface area contributed by atoms with Gasteiger partial charge in [0.25, 0.3) is 0 Å². The van der Waals surface area contributed by atoms with Gasteiger partial charge in [-0.1, -0.05) is 12.1 Å². The van der Waals surface area contributed by atoms with Crippen LogP contribution in [-0.2, 0) is 18.4 Å². The number of nitrogens with zero attached hydrogens (tertiary/aromatic N) is 2. The van der Waals surface area contributed by atoms with Crippen molar-refractivity contribution < 1.29 is 4.79 Å². The highest BCUT2D eigenvalue weighted by atomic mass is 16.2. The molecule has 4 saturated carbocycles. The number of rotatable bonds is 4. The van der Waals surface area contributed by atoms with E-state index in [1.54, 1.807) is 16.2 Å². The second-order valence-electron chi connectivity index (χ2n) is 8.98. The summed E-state index contributed by atoms with van der Waals surface area (Å²) in [5.74, 6) is 2.57. The summed E-state index contributed by atoms with van der Waals surface area (Å²) in [7, 11) is 1.79. The standard InChI is InChI=1S/C21H27N3O2/c1-23-17-4-2-3-5-18(17)24(20(23)26)7-6-19(25)22-21-11-14-8-15(12-21)10-16(9-14)13-21/h2-5,14-16H,6-13H2,1H3,(H,22,25). The zero-order chi connectivity index (χ0) is 17.9. The molecule has 4 bridgehead atoms. The van der Waals surface area contributed by atoms with Crippen molar-refractivity contribution in [2.75, 3.05) is 0 Å². The number of amides is 1. The summed E-state index contributed by atoms with van der Waals surface area (Å²) in [5, 5.41) is 3.41. The van der Waals surface area contributed by atoms with Crippen molar-refractivity contribution in [3.63, 3.8) is 0 Å². The summed E-state index contributed by atoms with van der Waals surface area (Å²) < 4.78 is 3.39. The van der Waals surface area contributed by atoms with Crippen LogP contribution in [0.3, 0.4) is 0 Å². The molecule has 4 fully saturated rings. The van der Waals surface area contributed by atoms with E-state index in [1.807, 2.05) is 24.3 Å². The van der Waals surface area contributed by atoms with Crippen molar-refractivity contribution in [2.45, 2.75) is 57.0 Å². The molecule has 0 atom stereocenters. The molecule has 0 unspecified atom stereocenters. The van der Waals surface area contributed by atoms with Gasteiger partial charge in [0.2, 0.25) is 5.91 Å². The maximum absolute atomic E-state index is 12.7. The molecule has 6 rings (SSSR count). The number of aryl methyl sites for hydroxylation is 2. The lowest BCUT2D eigenvalue weighted by Gasteiger charge is -2.56. The van der Waals surface area contributed by atoms with E-state index in [4.69, 9.17) is 0 Å². The first-order chi connectivity index (χ1) is 12.5. The van der Waals surface area contributed by atoms with Gasteiger partial charge in [-0.15, -0.1) is 0 Å². The Morgan fingerprint density at radius 2 is 1.65 bits per heavy atom. The molecule has 0 saturated heterocycles. The maximum atomic E-state index is 12.7. The smallest absolute Gasteiger partial charge is 0.328 e. The Balaban J connectivity index is 1.30. The van der Waals surface area contributed by atoms with E-state index in [0.717, 1.165) is 28.8 Å². The highest BCUT2D eigenvalue weighted by molar-refractivity contribution is 5.78. The number of carbonyl (C=O) groups excluding carboxylic acids is 1. The largest absolute Gasteiger partial charge is 0.351 e. The van der Waals surface area contributed by atoms with Crippen LogP contribution in [0.2, 0.25) is 0 Å². The van der Waals surface area contributed by atoms with Crippen molar-refractivity contribution in [3.8, 4) is 0 Å². The minimum absolute atomic E-state index is 0.0474. The fourth-order valence-electron chi connectivity index (χ4n) is 6.41. The number of para-hydroxylation sites is 2. The topological polar surface area (TPSA) is 56.0 Å². The fourth-order valence-corrected chi connectivity index (χ4v) is 6.41. The second-order valence-corrected chi connectivity index (χ2v) is 8.98. The van der Waals surface area contributed by atoms with E-state index >= 15 is 0 Å². The Morgan fingerprint density at radius 3 is 2.27 bits per heavy atom. The van der Waals surface area contributed by atoms with E-state index < -0.39 is 0 Å². The molecule has 4 aliphatic rings. The van der Waals surface area contributed by atoms with Gasteiger partial charge in [0.1, 0.15) is 0 Å². The first kappa shape index (κ1) is 16.2. The third kappa shape index (κ3) is 2.51. The highest BCUT2D eigenvalue weighted by Crippen LogP contribution is 2.55. The predicted octanol–water partition coefficient (Wildman–Crippen LogP) is 2.82. The van der Waals surface area contributed by atoms with Crippen LogP contribution in [-0.4, -0.2) is 20.6 Å². The highest BCUT2D eigenvalue weighted by Gasteiger charge is 2.51. The lowest BCUT2D eigenvalue weighted by Crippen LogP contribution is -2.59. The zero-order valence-corrected chi connectivity index (χ0v) is 15.4. The van der Waals surface area contributed by atoms with Gasteiger partial charge in [-0.25, -0.2) is 4.79 Å². The van der Waals surface area contributed by atoms with Gasteiger partial charge in [-0.3, -0.25) is 13.9 Å². The molecule has 1 N–H and O–H groups in total. The fraction of sp³-hybridized carbons (Fsp3) is 0.619. The number of aromatic nitrogens is 2. The molecule has 5 nitrogen and oxygen atoms in total. The summed E-state index contributed by atoms with van der Waals surface area (Å²) in [5.41, 5.74) is 1.82. The zero-order valence-electron chi connectivity index (χ0n) is 15.4. The van der Waals surface area contributed by atoms with Crippen molar-refractivity contribution in [3.05, 3.63) is 34.7 Å². The van der Waals surface area contributed by atoms with Gasteiger partial charge < -0.3 is 5.32 Å². The molecule has 1 aromatic carbocycles. The Morgan fingerprint density at radius 1 is 1.08 bits per heavy atom. The quantitative estimate of drug-likeness (QED) is 0.919. The molecule has 1 heterocycles. The summed E-state index contributed by atoms with van der Waals surface area (Å²) in [4.78, 5) is 25.2. The number of hydrogen-bond acceptors (Lipinski definition) is 2. The van der Waals surface area contributed by atoms with Crippen LogP contribution < -0.4 is 11.0 Å². The van der Waals surface area contributed by atoms with Crippen molar-refractivity contribution in [2.24, 2.45) is 24.8 Å².